The normalized spacial score (nSPS) is 11.8. The van der Waals surface area contributed by atoms with Gasteiger partial charge in [0.15, 0.2) is 11.8 Å². The zero-order chi connectivity index (χ0) is 18.3. The number of carbonyl (C=O) groups is 3. The molecule has 0 aliphatic rings. The molecule has 0 amide bonds. The summed E-state index contributed by atoms with van der Waals surface area (Å²) in [5, 5.41) is 0. The molecule has 0 heterocycles. The van der Waals surface area contributed by atoms with Gasteiger partial charge in [-0.05, 0) is 17.5 Å². The van der Waals surface area contributed by atoms with Crippen LogP contribution in [0.2, 0.25) is 0 Å². The maximum atomic E-state index is 14.0. The lowest BCUT2D eigenvalue weighted by molar-refractivity contribution is -0.148. The molecule has 7 nitrogen and oxygen atoms in total. The van der Waals surface area contributed by atoms with E-state index >= 15 is 0 Å². The van der Waals surface area contributed by atoms with E-state index in [1.165, 1.54) is 6.07 Å². The topological polar surface area (TPSA) is 93.7 Å². The van der Waals surface area contributed by atoms with Crippen molar-refractivity contribution in [1.29, 1.82) is 0 Å². The highest BCUT2D eigenvalue weighted by molar-refractivity contribution is 6.09. The van der Waals surface area contributed by atoms with Gasteiger partial charge < -0.3 is 14.9 Å². The number of para-hydroxylation sites is 1. The van der Waals surface area contributed by atoms with Crippen LogP contribution in [0.25, 0.3) is 0 Å². The number of rotatable bonds is 8. The van der Waals surface area contributed by atoms with Crippen molar-refractivity contribution in [3.63, 3.8) is 0 Å². The minimum atomic E-state index is -1.48. The molecule has 2 N–H and O–H groups in total. The van der Waals surface area contributed by atoms with Crippen LogP contribution in [0.3, 0.4) is 0 Å². The molecule has 1 rings (SSSR count). The Bertz CT molecular complexity index is 618. The Morgan fingerprint density at radius 3 is 2.38 bits per heavy atom. The zero-order valence-corrected chi connectivity index (χ0v) is 14.0. The van der Waals surface area contributed by atoms with Crippen molar-refractivity contribution < 1.29 is 28.2 Å². The van der Waals surface area contributed by atoms with Gasteiger partial charge in [0, 0.05) is 0 Å². The lowest BCUT2D eigenvalue weighted by atomic mass is 10.0. The highest BCUT2D eigenvalue weighted by Crippen LogP contribution is 2.26. The summed E-state index contributed by atoms with van der Waals surface area (Å²) in [5.41, 5.74) is 5.76. The van der Waals surface area contributed by atoms with Gasteiger partial charge in [-0.25, -0.2) is 14.6 Å². The number of methoxy groups -OCH3 is 2. The lowest BCUT2D eigenvalue weighted by Gasteiger charge is -2.20. The Morgan fingerprint density at radius 1 is 1.17 bits per heavy atom. The third-order valence-electron chi connectivity index (χ3n) is 3.31. The minimum Gasteiger partial charge on any atom is -0.469 e. The smallest absolute Gasteiger partial charge is 0.332 e. The van der Waals surface area contributed by atoms with Crippen LogP contribution in [0.5, 0.6) is 0 Å². The molecule has 0 bridgehead atoms. The van der Waals surface area contributed by atoms with Crippen molar-refractivity contribution in [3.05, 3.63) is 29.6 Å². The quantitative estimate of drug-likeness (QED) is 0.421. The molecule has 0 aliphatic heterocycles. The van der Waals surface area contributed by atoms with Gasteiger partial charge in [-0.3, -0.25) is 9.59 Å². The Labute approximate surface area is 139 Å². The second kappa shape index (κ2) is 8.97. The monoisotopic (exact) mass is 340 g/mol. The summed E-state index contributed by atoms with van der Waals surface area (Å²) in [7, 11) is 2.23. The standard InChI is InChI=1S/C16H21FN2O5/c1-9(2)10-6-5-7-11(17)14(10)18-19-15(16(22)24-4)12(20)8-13(21)23-3/h5-7,9,15,18-19H,8H2,1-4H3. The van der Waals surface area contributed by atoms with Crippen molar-refractivity contribution in [2.24, 2.45) is 0 Å². The van der Waals surface area contributed by atoms with Crippen LogP contribution in [-0.2, 0) is 23.9 Å². The molecule has 8 heteroatoms. The van der Waals surface area contributed by atoms with E-state index in [1.54, 1.807) is 12.1 Å². The van der Waals surface area contributed by atoms with Crippen LogP contribution >= 0.6 is 0 Å². The van der Waals surface area contributed by atoms with E-state index in [-0.39, 0.29) is 11.6 Å². The first-order chi connectivity index (χ1) is 11.3. The third-order valence-corrected chi connectivity index (χ3v) is 3.31. The molecule has 0 aliphatic carbocycles. The van der Waals surface area contributed by atoms with E-state index in [0.29, 0.717) is 5.56 Å². The molecule has 0 saturated heterocycles. The van der Waals surface area contributed by atoms with Crippen LogP contribution in [0.15, 0.2) is 18.2 Å². The minimum absolute atomic E-state index is 0.00680. The van der Waals surface area contributed by atoms with Crippen molar-refractivity contribution >= 4 is 23.4 Å². The van der Waals surface area contributed by atoms with E-state index < -0.39 is 36.0 Å². The van der Waals surface area contributed by atoms with Gasteiger partial charge in [0.1, 0.15) is 12.2 Å². The van der Waals surface area contributed by atoms with Crippen molar-refractivity contribution in [1.82, 2.24) is 5.43 Å². The van der Waals surface area contributed by atoms with Gasteiger partial charge in [0.05, 0.1) is 19.9 Å². The van der Waals surface area contributed by atoms with Gasteiger partial charge in [0.2, 0.25) is 0 Å². The van der Waals surface area contributed by atoms with Gasteiger partial charge in [-0.2, -0.15) is 0 Å². The Balaban J connectivity index is 2.96. The molecule has 1 aromatic rings. The van der Waals surface area contributed by atoms with Crippen LogP contribution in [0, 0.1) is 5.82 Å². The van der Waals surface area contributed by atoms with Crippen LogP contribution in [0.4, 0.5) is 10.1 Å². The summed E-state index contributed by atoms with van der Waals surface area (Å²) in [4.78, 5) is 35.0. The molecule has 0 fully saturated rings. The van der Waals surface area contributed by atoms with Crippen molar-refractivity contribution in [3.8, 4) is 0 Å². The zero-order valence-electron chi connectivity index (χ0n) is 14.0. The molecule has 1 aromatic carbocycles. The first-order valence-corrected chi connectivity index (χ1v) is 7.29. The number of nitrogens with one attached hydrogen (secondary N) is 2. The molecule has 1 unspecified atom stereocenters. The molecule has 132 valence electrons. The second-order valence-corrected chi connectivity index (χ2v) is 5.30. The lowest BCUT2D eigenvalue weighted by Crippen LogP contribution is -2.47. The van der Waals surface area contributed by atoms with E-state index in [4.69, 9.17) is 0 Å². The third kappa shape index (κ3) is 5.02. The molecule has 24 heavy (non-hydrogen) atoms. The van der Waals surface area contributed by atoms with Gasteiger partial charge >= 0.3 is 11.9 Å². The number of Topliss-reactive ketones (excluding diaryl/α,β-unsaturated/α-hetero) is 1. The highest BCUT2D eigenvalue weighted by atomic mass is 19.1. The molecule has 0 aromatic heterocycles. The summed E-state index contributed by atoms with van der Waals surface area (Å²) in [6.07, 6.45) is -0.612. The first kappa shape index (κ1) is 19.6. The second-order valence-electron chi connectivity index (χ2n) is 5.30. The SMILES string of the molecule is COC(=O)CC(=O)C(NNc1c(F)cccc1C(C)C)C(=O)OC. The molecule has 0 saturated carbocycles. The number of benzene rings is 1. The number of ether oxygens (including phenoxy) is 2. The fourth-order valence-corrected chi connectivity index (χ4v) is 2.00. The summed E-state index contributed by atoms with van der Waals surface area (Å²) in [5.74, 6) is -2.99. The fraction of sp³-hybridized carbons (Fsp3) is 0.438. The van der Waals surface area contributed by atoms with Crippen molar-refractivity contribution in [2.75, 3.05) is 19.6 Å². The summed E-state index contributed by atoms with van der Waals surface area (Å²) >= 11 is 0. The number of carbonyl (C=O) groups excluding carboxylic acids is 3. The largest absolute Gasteiger partial charge is 0.469 e. The van der Waals surface area contributed by atoms with E-state index in [2.05, 4.69) is 20.3 Å². The summed E-state index contributed by atoms with van der Waals surface area (Å²) < 4.78 is 23.0. The Kier molecular flexibility index (Phi) is 7.31. The highest BCUT2D eigenvalue weighted by Gasteiger charge is 2.29. The average Bonchev–Trinajstić information content (AvgIpc) is 2.55. The van der Waals surface area contributed by atoms with E-state index in [9.17, 15) is 18.8 Å². The Hall–Kier alpha value is -2.48. The fourth-order valence-electron chi connectivity index (χ4n) is 2.00. The number of anilines is 1. The molecule has 0 radical (unpaired) electrons. The molecule has 0 spiro atoms. The number of ketones is 1. The van der Waals surface area contributed by atoms with Crippen molar-refractivity contribution in [2.45, 2.75) is 32.2 Å². The maximum absolute atomic E-state index is 14.0. The average molecular weight is 340 g/mol. The predicted molar refractivity (Wildman–Crippen MR) is 84.7 cm³/mol. The summed E-state index contributed by atoms with van der Waals surface area (Å²) in [6.45, 7) is 3.75. The summed E-state index contributed by atoms with van der Waals surface area (Å²) in [6, 6.07) is 3.06. The van der Waals surface area contributed by atoms with Crippen LogP contribution in [0.1, 0.15) is 31.7 Å². The number of hydrogen-bond acceptors (Lipinski definition) is 7. The first-order valence-electron chi connectivity index (χ1n) is 7.29. The Morgan fingerprint density at radius 2 is 1.83 bits per heavy atom. The predicted octanol–water partition coefficient (Wildman–Crippen LogP) is 1.54. The number of hydrogen-bond donors (Lipinski definition) is 2. The molecular weight excluding hydrogens is 319 g/mol. The van der Waals surface area contributed by atoms with E-state index in [1.807, 2.05) is 13.8 Å². The molecule has 1 atom stereocenters. The maximum Gasteiger partial charge on any atom is 0.332 e. The van der Waals surface area contributed by atoms with Crippen LogP contribution < -0.4 is 10.9 Å². The van der Waals surface area contributed by atoms with Gasteiger partial charge in [-0.1, -0.05) is 26.0 Å². The van der Waals surface area contributed by atoms with Gasteiger partial charge in [0.25, 0.3) is 0 Å². The number of halogens is 1. The molecular formula is C16H21FN2O5. The number of esters is 2. The van der Waals surface area contributed by atoms with E-state index in [0.717, 1.165) is 14.2 Å². The number of hydrazine groups is 1. The van der Waals surface area contributed by atoms with Gasteiger partial charge in [-0.15, -0.1) is 0 Å². The van der Waals surface area contributed by atoms with Crippen LogP contribution in [-0.4, -0.2) is 38.0 Å².